The smallest absolute Gasteiger partial charge is 0.339 e. The summed E-state index contributed by atoms with van der Waals surface area (Å²) in [5.41, 5.74) is -1.21. The van der Waals surface area contributed by atoms with Crippen molar-refractivity contribution in [1.82, 2.24) is 0 Å². The summed E-state index contributed by atoms with van der Waals surface area (Å²) in [7, 11) is 0. The maximum Gasteiger partial charge on any atom is 0.339 e. The number of thioether (sulfide) groups is 1. The molecule has 0 radical (unpaired) electrons. The van der Waals surface area contributed by atoms with Gasteiger partial charge in [0.05, 0.1) is 5.25 Å². The zero-order valence-corrected chi connectivity index (χ0v) is 13.6. The monoisotopic (exact) mass is 366 g/mol. The molecule has 0 spiro atoms. The van der Waals surface area contributed by atoms with Crippen molar-refractivity contribution in [3.63, 3.8) is 0 Å². The highest BCUT2D eigenvalue weighted by molar-refractivity contribution is 7.99. The summed E-state index contributed by atoms with van der Waals surface area (Å²) in [5, 5.41) is 57.2. The van der Waals surface area contributed by atoms with Gasteiger partial charge in [-0.15, -0.1) is 0 Å². The molecular weight excluding hydrogens is 352 g/mol. The number of hydrogen-bond donors (Lipinski definition) is 6. The summed E-state index contributed by atoms with van der Waals surface area (Å²) < 4.78 is 0. The summed E-state index contributed by atoms with van der Waals surface area (Å²) in [6, 6.07) is 3.94. The molecule has 2 aromatic rings. The molecule has 0 unspecified atom stereocenters. The third kappa shape index (κ3) is 3.41. The molecule has 0 aliphatic heterocycles. The van der Waals surface area contributed by atoms with E-state index < -0.39 is 51.3 Å². The fourth-order valence-electron chi connectivity index (χ4n) is 2.43. The highest BCUT2D eigenvalue weighted by Crippen LogP contribution is 2.46. The number of carbonyl (C=O) groups is 2. The van der Waals surface area contributed by atoms with Crippen LogP contribution in [0.1, 0.15) is 37.1 Å². The summed E-state index contributed by atoms with van der Waals surface area (Å²) in [4.78, 5) is 22.4. The highest BCUT2D eigenvalue weighted by atomic mass is 32.2. The number of rotatable bonds is 5. The molecule has 132 valence electrons. The van der Waals surface area contributed by atoms with E-state index in [1.807, 2.05) is 0 Å². The Morgan fingerprint density at radius 1 is 0.800 bits per heavy atom. The molecule has 6 N–H and O–H groups in total. The van der Waals surface area contributed by atoms with Crippen molar-refractivity contribution in [1.29, 1.82) is 0 Å². The SMILES string of the molecule is CSC(c1cc(O)cc(C(=O)O)c1O)c1cc(O)cc(C(=O)O)c1O. The van der Waals surface area contributed by atoms with Gasteiger partial charge >= 0.3 is 11.9 Å². The van der Waals surface area contributed by atoms with Crippen LogP contribution in [0, 0.1) is 0 Å². The van der Waals surface area contributed by atoms with Crippen molar-refractivity contribution < 1.29 is 40.2 Å². The van der Waals surface area contributed by atoms with Gasteiger partial charge in [0, 0.05) is 11.1 Å². The van der Waals surface area contributed by atoms with Crippen molar-refractivity contribution in [3.8, 4) is 23.0 Å². The predicted octanol–water partition coefficient (Wildman–Crippen LogP) is 2.36. The molecule has 2 rings (SSSR count). The molecule has 0 aliphatic carbocycles. The van der Waals surface area contributed by atoms with Gasteiger partial charge in [-0.05, 0) is 30.5 Å². The lowest BCUT2D eigenvalue weighted by Crippen LogP contribution is -2.05. The van der Waals surface area contributed by atoms with Gasteiger partial charge in [0.2, 0.25) is 0 Å². The molecule has 2 aromatic carbocycles. The Bertz CT molecular complexity index is 792. The first-order valence-electron chi connectivity index (χ1n) is 6.78. The second kappa shape index (κ2) is 6.81. The Morgan fingerprint density at radius 3 is 1.44 bits per heavy atom. The van der Waals surface area contributed by atoms with Crippen LogP contribution in [0.5, 0.6) is 23.0 Å². The first-order chi connectivity index (χ1) is 11.7. The maximum absolute atomic E-state index is 11.2. The van der Waals surface area contributed by atoms with Gasteiger partial charge in [0.25, 0.3) is 0 Å². The topological polar surface area (TPSA) is 156 Å². The highest BCUT2D eigenvalue weighted by Gasteiger charge is 2.27. The van der Waals surface area contributed by atoms with E-state index in [4.69, 9.17) is 10.2 Å². The van der Waals surface area contributed by atoms with Crippen LogP contribution in [0.2, 0.25) is 0 Å². The molecule has 0 bridgehead atoms. The molecule has 0 saturated carbocycles. The lowest BCUT2D eigenvalue weighted by atomic mass is 9.97. The van der Waals surface area contributed by atoms with E-state index in [1.165, 1.54) is 0 Å². The average molecular weight is 366 g/mol. The van der Waals surface area contributed by atoms with Crippen molar-refractivity contribution in [2.75, 3.05) is 6.26 Å². The molecule has 0 fully saturated rings. The fourth-order valence-corrected chi connectivity index (χ4v) is 3.30. The average Bonchev–Trinajstić information content (AvgIpc) is 2.53. The van der Waals surface area contributed by atoms with Gasteiger partial charge in [0.1, 0.15) is 34.1 Å². The van der Waals surface area contributed by atoms with Crippen LogP contribution in [0.3, 0.4) is 0 Å². The normalized spacial score (nSPS) is 10.8. The first kappa shape index (κ1) is 18.3. The summed E-state index contributed by atoms with van der Waals surface area (Å²) in [6.07, 6.45) is 1.57. The molecule has 0 heterocycles. The minimum absolute atomic E-state index is 0.0536. The number of carboxylic acid groups (broad SMARTS) is 2. The Hall–Kier alpha value is -3.07. The second-order valence-electron chi connectivity index (χ2n) is 5.09. The summed E-state index contributed by atoms with van der Waals surface area (Å²) in [6.45, 7) is 0. The fraction of sp³-hybridized carbons (Fsp3) is 0.125. The standard InChI is InChI=1S/C16H14O8S/c1-25-14(8-2-6(17)4-10(12(8)19)15(21)22)9-3-7(18)5-11(13(9)20)16(23)24/h2-5,14,17-20H,1H3,(H,21,22)(H,23,24). The lowest BCUT2D eigenvalue weighted by Gasteiger charge is -2.20. The van der Waals surface area contributed by atoms with Gasteiger partial charge in [0.15, 0.2) is 0 Å². The van der Waals surface area contributed by atoms with Crippen molar-refractivity contribution >= 4 is 23.7 Å². The van der Waals surface area contributed by atoms with E-state index in [1.54, 1.807) is 6.26 Å². The Balaban J connectivity index is 2.74. The number of aromatic carboxylic acids is 2. The van der Waals surface area contributed by atoms with Crippen LogP contribution in [-0.2, 0) is 0 Å². The van der Waals surface area contributed by atoms with Crippen molar-refractivity contribution in [2.45, 2.75) is 5.25 Å². The van der Waals surface area contributed by atoms with Crippen molar-refractivity contribution in [2.24, 2.45) is 0 Å². The van der Waals surface area contributed by atoms with E-state index in [9.17, 15) is 30.0 Å². The van der Waals surface area contributed by atoms with E-state index in [0.717, 1.165) is 36.0 Å². The number of hydrogen-bond acceptors (Lipinski definition) is 7. The molecule has 0 saturated heterocycles. The summed E-state index contributed by atoms with van der Waals surface area (Å²) >= 11 is 1.03. The minimum atomic E-state index is -1.47. The van der Waals surface area contributed by atoms with Crippen LogP contribution < -0.4 is 0 Å². The van der Waals surface area contributed by atoms with Gasteiger partial charge in [-0.25, -0.2) is 9.59 Å². The molecular formula is C16H14O8S. The first-order valence-corrected chi connectivity index (χ1v) is 8.07. The van der Waals surface area contributed by atoms with Crippen LogP contribution in [-0.4, -0.2) is 48.8 Å². The zero-order chi connectivity index (χ0) is 18.9. The van der Waals surface area contributed by atoms with E-state index in [0.29, 0.717) is 0 Å². The predicted molar refractivity (Wildman–Crippen MR) is 88.8 cm³/mol. The quantitative estimate of drug-likeness (QED) is 0.437. The Morgan fingerprint density at radius 2 is 1.16 bits per heavy atom. The van der Waals surface area contributed by atoms with Gasteiger partial charge in [-0.3, -0.25) is 0 Å². The van der Waals surface area contributed by atoms with E-state index >= 15 is 0 Å². The van der Waals surface area contributed by atoms with Gasteiger partial charge in [-0.2, -0.15) is 11.8 Å². The molecule has 9 heteroatoms. The van der Waals surface area contributed by atoms with Gasteiger partial charge in [-0.1, -0.05) is 0 Å². The van der Waals surface area contributed by atoms with Crippen molar-refractivity contribution in [3.05, 3.63) is 46.5 Å². The van der Waals surface area contributed by atoms with Crippen LogP contribution in [0.15, 0.2) is 24.3 Å². The number of phenolic OH excluding ortho intramolecular Hbond substituents is 2. The van der Waals surface area contributed by atoms with E-state index in [2.05, 4.69) is 0 Å². The summed E-state index contributed by atoms with van der Waals surface area (Å²) in [5.74, 6) is -5.07. The number of phenols is 4. The van der Waals surface area contributed by atoms with Gasteiger partial charge < -0.3 is 30.6 Å². The van der Waals surface area contributed by atoms with Crippen LogP contribution >= 0.6 is 11.8 Å². The van der Waals surface area contributed by atoms with E-state index in [-0.39, 0.29) is 11.1 Å². The third-order valence-corrected chi connectivity index (χ3v) is 4.49. The third-order valence-electron chi connectivity index (χ3n) is 3.51. The minimum Gasteiger partial charge on any atom is -0.508 e. The largest absolute Gasteiger partial charge is 0.508 e. The lowest BCUT2D eigenvalue weighted by molar-refractivity contribution is 0.0682. The number of aromatic hydroxyl groups is 4. The van der Waals surface area contributed by atoms with Crippen LogP contribution in [0.4, 0.5) is 0 Å². The molecule has 8 nitrogen and oxygen atoms in total. The Labute approximate surface area is 145 Å². The van der Waals surface area contributed by atoms with Crippen LogP contribution in [0.25, 0.3) is 0 Å². The molecule has 0 atom stereocenters. The molecule has 0 aliphatic rings. The number of carboxylic acids is 2. The number of benzene rings is 2. The molecule has 0 aromatic heterocycles. The Kier molecular flexibility index (Phi) is 4.98. The molecule has 25 heavy (non-hydrogen) atoms. The second-order valence-corrected chi connectivity index (χ2v) is 6.03. The molecule has 0 amide bonds. The zero-order valence-electron chi connectivity index (χ0n) is 12.8. The maximum atomic E-state index is 11.2.